The quantitative estimate of drug-likeness (QED) is 0.222. The summed E-state index contributed by atoms with van der Waals surface area (Å²) in [7, 11) is 0. The van der Waals surface area contributed by atoms with Crippen LogP contribution in [-0.2, 0) is 9.47 Å². The number of carbonyl (C=O) groups excluding carboxylic acids is 2. The Morgan fingerprint density at radius 2 is 0.964 bits per heavy atom. The zero-order chi connectivity index (χ0) is 21.6. The van der Waals surface area contributed by atoms with E-state index in [4.69, 9.17) is 9.47 Å². The molecule has 0 saturated heterocycles. The van der Waals surface area contributed by atoms with Crippen LogP contribution in [0.25, 0.3) is 0 Å². The normalized spacial score (nSPS) is 12.0. The second-order valence-electron chi connectivity index (χ2n) is 9.34. The molecule has 0 rings (SSSR count). The molecule has 6 heteroatoms. The number of hydrogen-bond acceptors (Lipinski definition) is 4. The minimum Gasteiger partial charge on any atom is -0.443 e. The van der Waals surface area contributed by atoms with Crippen molar-refractivity contribution in [3.8, 4) is 0 Å². The Morgan fingerprint density at radius 1 is 0.643 bits per heavy atom. The number of alkyl halides is 1. The molecule has 0 fully saturated rings. The summed E-state index contributed by atoms with van der Waals surface area (Å²) < 4.78 is 10.7. The van der Waals surface area contributed by atoms with Gasteiger partial charge in [0.05, 0.1) is 0 Å². The predicted molar refractivity (Wildman–Crippen MR) is 119 cm³/mol. The Labute approximate surface area is 181 Å². The third-order valence-corrected chi connectivity index (χ3v) is 4.55. The summed E-state index contributed by atoms with van der Waals surface area (Å²) in [6, 6.07) is 0. The number of carbonyl (C=O) groups is 2. The molecule has 28 heavy (non-hydrogen) atoms. The van der Waals surface area contributed by atoms with Crippen molar-refractivity contribution in [2.75, 3.05) is 11.9 Å². The summed E-state index contributed by atoms with van der Waals surface area (Å²) in [5, 5.41) is 1.11. The smallest absolute Gasteiger partial charge is 0.419 e. The molecule has 0 aliphatic rings. The van der Waals surface area contributed by atoms with Crippen molar-refractivity contribution < 1.29 is 19.1 Å². The van der Waals surface area contributed by atoms with Crippen LogP contribution in [0, 0.1) is 0 Å². The van der Waals surface area contributed by atoms with Crippen molar-refractivity contribution in [2.45, 2.75) is 117 Å². The van der Waals surface area contributed by atoms with Crippen LogP contribution in [0.4, 0.5) is 9.59 Å². The van der Waals surface area contributed by atoms with Gasteiger partial charge in [0.2, 0.25) is 0 Å². The van der Waals surface area contributed by atoms with Crippen LogP contribution >= 0.6 is 15.9 Å². The Bertz CT molecular complexity index is 413. The number of imide groups is 1. The van der Waals surface area contributed by atoms with E-state index in [-0.39, 0.29) is 0 Å². The van der Waals surface area contributed by atoms with Crippen molar-refractivity contribution in [1.82, 2.24) is 4.90 Å². The first-order valence-corrected chi connectivity index (χ1v) is 11.9. The van der Waals surface area contributed by atoms with E-state index < -0.39 is 23.4 Å². The molecule has 0 spiro atoms. The minimum atomic E-state index is -0.647. The molecule has 0 atom stereocenters. The molecule has 0 aromatic carbocycles. The van der Waals surface area contributed by atoms with Crippen molar-refractivity contribution in [1.29, 1.82) is 0 Å². The van der Waals surface area contributed by atoms with Gasteiger partial charge in [-0.1, -0.05) is 67.3 Å². The third-order valence-electron chi connectivity index (χ3n) is 3.99. The average Bonchev–Trinajstić information content (AvgIpc) is 2.52. The maximum Gasteiger partial charge on any atom is 0.419 e. The molecule has 0 N–H and O–H groups in total. The lowest BCUT2D eigenvalue weighted by molar-refractivity contribution is 0.00118. The van der Waals surface area contributed by atoms with E-state index in [0.29, 0.717) is 6.54 Å². The van der Waals surface area contributed by atoms with Gasteiger partial charge in [-0.15, -0.1) is 0 Å². The summed E-state index contributed by atoms with van der Waals surface area (Å²) >= 11 is 3.46. The van der Waals surface area contributed by atoms with Crippen molar-refractivity contribution in [3.05, 3.63) is 0 Å². The van der Waals surface area contributed by atoms with Gasteiger partial charge in [-0.05, 0) is 54.4 Å². The summed E-state index contributed by atoms with van der Waals surface area (Å²) in [5.74, 6) is 0. The summed E-state index contributed by atoms with van der Waals surface area (Å²) in [5.41, 5.74) is -1.29. The second kappa shape index (κ2) is 14.2. The maximum atomic E-state index is 12.4. The highest BCUT2D eigenvalue weighted by molar-refractivity contribution is 9.09. The first-order chi connectivity index (χ1) is 13.0. The topological polar surface area (TPSA) is 55.8 Å². The Morgan fingerprint density at radius 3 is 1.29 bits per heavy atom. The van der Waals surface area contributed by atoms with E-state index in [2.05, 4.69) is 15.9 Å². The van der Waals surface area contributed by atoms with Crippen molar-refractivity contribution >= 4 is 28.1 Å². The second-order valence-corrected chi connectivity index (χ2v) is 10.1. The Kier molecular flexibility index (Phi) is 13.8. The predicted octanol–water partition coefficient (Wildman–Crippen LogP) is 7.45. The number of halogens is 1. The van der Waals surface area contributed by atoms with Crippen molar-refractivity contribution in [2.24, 2.45) is 0 Å². The van der Waals surface area contributed by atoms with Gasteiger partial charge in [-0.3, -0.25) is 0 Å². The van der Waals surface area contributed by atoms with Crippen LogP contribution in [0.3, 0.4) is 0 Å². The van der Waals surface area contributed by atoms with Gasteiger partial charge in [0.1, 0.15) is 11.2 Å². The van der Waals surface area contributed by atoms with Gasteiger partial charge in [0.15, 0.2) is 0 Å². The number of ether oxygens (including phenoxy) is 2. The number of nitrogens with zero attached hydrogens (tertiary/aromatic N) is 1. The van der Waals surface area contributed by atoms with Gasteiger partial charge in [0, 0.05) is 11.9 Å². The molecule has 166 valence electrons. The zero-order valence-corrected chi connectivity index (χ0v) is 20.5. The first-order valence-electron chi connectivity index (χ1n) is 10.8. The molecule has 0 aliphatic heterocycles. The Balaban J connectivity index is 4.21. The van der Waals surface area contributed by atoms with Crippen LogP contribution < -0.4 is 0 Å². The molecule has 2 amide bonds. The molecule has 0 bridgehead atoms. The zero-order valence-electron chi connectivity index (χ0n) is 18.9. The number of amides is 2. The molecule has 0 aromatic heterocycles. The van der Waals surface area contributed by atoms with Crippen molar-refractivity contribution in [3.63, 3.8) is 0 Å². The lowest BCUT2D eigenvalue weighted by atomic mass is 10.1. The molecule has 0 aliphatic carbocycles. The SMILES string of the molecule is CC(C)(C)OC(=O)N(CCCCCCCCCCCCBr)C(=O)OC(C)(C)C. The third kappa shape index (κ3) is 16.2. The van der Waals surface area contributed by atoms with E-state index in [1.165, 1.54) is 44.9 Å². The molecule has 0 unspecified atom stereocenters. The maximum absolute atomic E-state index is 12.4. The largest absolute Gasteiger partial charge is 0.443 e. The molecule has 5 nitrogen and oxygen atoms in total. The molecule has 0 radical (unpaired) electrons. The molecule has 0 aromatic rings. The van der Waals surface area contributed by atoms with Crippen LogP contribution in [0.1, 0.15) is 106 Å². The monoisotopic (exact) mass is 463 g/mol. The van der Waals surface area contributed by atoms with Crippen LogP contribution in [-0.4, -0.2) is 40.2 Å². The van der Waals surface area contributed by atoms with E-state index in [9.17, 15) is 9.59 Å². The van der Waals surface area contributed by atoms with E-state index in [1.54, 1.807) is 41.5 Å². The van der Waals surface area contributed by atoms with Gasteiger partial charge >= 0.3 is 12.2 Å². The summed E-state index contributed by atoms with van der Waals surface area (Å²) in [4.78, 5) is 25.9. The highest BCUT2D eigenvalue weighted by Crippen LogP contribution is 2.16. The fourth-order valence-electron chi connectivity index (χ4n) is 2.67. The summed E-state index contributed by atoms with van der Waals surface area (Å²) in [6.07, 6.45) is 10.6. The van der Waals surface area contributed by atoms with Crippen LogP contribution in [0.5, 0.6) is 0 Å². The first kappa shape index (κ1) is 27.2. The Hall–Kier alpha value is -0.780. The molecule has 0 saturated carbocycles. The van der Waals surface area contributed by atoms with E-state index in [0.717, 1.165) is 29.5 Å². The highest BCUT2D eigenvalue weighted by Gasteiger charge is 2.30. The average molecular weight is 464 g/mol. The molecular formula is C22H42BrNO4. The fraction of sp³-hybridized carbons (Fsp3) is 0.909. The number of hydrogen-bond donors (Lipinski definition) is 0. The number of unbranched alkanes of at least 4 members (excludes halogenated alkanes) is 9. The van der Waals surface area contributed by atoms with Gasteiger partial charge in [-0.25, -0.2) is 14.5 Å². The van der Waals surface area contributed by atoms with Gasteiger partial charge in [0.25, 0.3) is 0 Å². The van der Waals surface area contributed by atoms with E-state index >= 15 is 0 Å². The molecule has 0 heterocycles. The lowest BCUT2D eigenvalue weighted by Crippen LogP contribution is -2.44. The van der Waals surface area contributed by atoms with Gasteiger partial charge < -0.3 is 9.47 Å². The van der Waals surface area contributed by atoms with Gasteiger partial charge in [-0.2, -0.15) is 0 Å². The minimum absolute atomic E-state index is 0.330. The lowest BCUT2D eigenvalue weighted by Gasteiger charge is -2.28. The van der Waals surface area contributed by atoms with E-state index in [1.807, 2.05) is 0 Å². The van der Waals surface area contributed by atoms with Crippen LogP contribution in [0.15, 0.2) is 0 Å². The highest BCUT2D eigenvalue weighted by atomic mass is 79.9. The molecular weight excluding hydrogens is 422 g/mol. The van der Waals surface area contributed by atoms with Crippen LogP contribution in [0.2, 0.25) is 0 Å². The number of rotatable bonds is 12. The fourth-order valence-corrected chi connectivity index (χ4v) is 3.07. The summed E-state index contributed by atoms with van der Waals surface area (Å²) in [6.45, 7) is 11.1. The standard InChI is InChI=1S/C22H42BrNO4/c1-21(2,3)27-19(25)24(20(26)28-22(4,5)6)18-16-14-12-10-8-7-9-11-13-15-17-23/h7-18H2,1-6H3.